The Balaban J connectivity index is 0.0000122. The van der Waals surface area contributed by atoms with Crippen LogP contribution in [0.5, 0.6) is 0 Å². The molecule has 0 bridgehead atoms. The molecule has 204 valence electrons. The van der Waals surface area contributed by atoms with E-state index in [0.717, 1.165) is 19.3 Å². The second-order valence-corrected chi connectivity index (χ2v) is 11.3. The number of rotatable bonds is 22. The predicted octanol–water partition coefficient (Wildman–Crippen LogP) is 0.724. The van der Waals surface area contributed by atoms with Crippen LogP contribution < -0.4 is 29.6 Å². The SMILES string of the molecule is CCC/C=C/CCCCCCCCCCCCC(=O)C1=NCC[N+]1(CCO)CC(O)CS(=O)(=O)[O-].[Na+]. The third-order valence-corrected chi connectivity index (χ3v) is 7.41. The molecule has 0 amide bonds. The zero-order chi connectivity index (χ0) is 26.0. The second kappa shape index (κ2) is 20.8. The van der Waals surface area contributed by atoms with Crippen LogP contribution >= 0.6 is 0 Å². The number of carbonyl (C=O) groups is 1. The number of aliphatic hydroxyl groups excluding tert-OH is 2. The third-order valence-electron chi connectivity index (χ3n) is 6.62. The summed E-state index contributed by atoms with van der Waals surface area (Å²) in [6, 6.07) is 0. The summed E-state index contributed by atoms with van der Waals surface area (Å²) >= 11 is 0. The van der Waals surface area contributed by atoms with E-state index < -0.39 is 22.0 Å². The van der Waals surface area contributed by atoms with Gasteiger partial charge in [-0.05, 0) is 25.7 Å². The zero-order valence-corrected chi connectivity index (χ0v) is 25.5. The smallest absolute Gasteiger partial charge is 0.748 e. The van der Waals surface area contributed by atoms with E-state index in [-0.39, 0.29) is 59.5 Å². The molecular formula is C26H48N2NaO6S+. The van der Waals surface area contributed by atoms with Gasteiger partial charge >= 0.3 is 29.6 Å². The van der Waals surface area contributed by atoms with Crippen molar-refractivity contribution in [1.29, 1.82) is 0 Å². The first-order valence-corrected chi connectivity index (χ1v) is 15.1. The van der Waals surface area contributed by atoms with Gasteiger partial charge in [0.25, 0.3) is 5.84 Å². The molecule has 8 nitrogen and oxygen atoms in total. The maximum Gasteiger partial charge on any atom is 1.00 e. The van der Waals surface area contributed by atoms with Crippen molar-refractivity contribution < 1.29 is 62.0 Å². The van der Waals surface area contributed by atoms with Gasteiger partial charge in [0.15, 0.2) is 0 Å². The summed E-state index contributed by atoms with van der Waals surface area (Å²) in [5.41, 5.74) is 0. The Labute approximate surface area is 241 Å². The predicted molar refractivity (Wildman–Crippen MR) is 139 cm³/mol. The minimum atomic E-state index is -4.58. The first-order chi connectivity index (χ1) is 16.7. The first-order valence-electron chi connectivity index (χ1n) is 13.6. The van der Waals surface area contributed by atoms with Crippen LogP contribution in [-0.4, -0.2) is 83.9 Å². The molecule has 0 aromatic carbocycles. The maximum atomic E-state index is 12.8. The number of allylic oxidation sites excluding steroid dienone is 2. The molecule has 0 aromatic rings. The van der Waals surface area contributed by atoms with Gasteiger partial charge in [-0.25, -0.2) is 13.4 Å². The Hall–Kier alpha value is -0.130. The average Bonchev–Trinajstić information content (AvgIpc) is 3.18. The molecule has 1 aliphatic heterocycles. The molecule has 0 aromatic heterocycles. The first kappa shape index (κ1) is 35.9. The summed E-state index contributed by atoms with van der Waals surface area (Å²) in [7, 11) is -4.58. The average molecular weight is 540 g/mol. The molecule has 36 heavy (non-hydrogen) atoms. The molecule has 1 rings (SSSR count). The van der Waals surface area contributed by atoms with Crippen LogP contribution in [0.4, 0.5) is 0 Å². The van der Waals surface area contributed by atoms with Crippen molar-refractivity contribution in [3.05, 3.63) is 12.2 Å². The Kier molecular flexibility index (Phi) is 20.7. The van der Waals surface area contributed by atoms with Crippen molar-refractivity contribution in [2.45, 2.75) is 103 Å². The molecule has 0 saturated heterocycles. The normalized spacial score (nSPS) is 18.8. The van der Waals surface area contributed by atoms with Gasteiger partial charge < -0.3 is 14.8 Å². The standard InChI is InChI=1S/C26H48N2O6S.Na/c1-2-3-4-5-6-7-8-9-10-11-12-13-14-15-16-17-25(31)26-27-18-19-28(26,20-21-29)22-24(30)23-35(32,33)34;/h4-5,24,29-30H,2-3,6-23H2,1H3;/q;+1/b5-4+;. The molecule has 0 radical (unpaired) electrons. The quantitative estimate of drug-likeness (QED) is 0.0686. The number of quaternary nitrogens is 1. The summed E-state index contributed by atoms with van der Waals surface area (Å²) in [6.45, 7) is 2.82. The number of unbranched alkanes of at least 4 members (excludes halogenated alkanes) is 11. The van der Waals surface area contributed by atoms with Crippen LogP contribution in [0.1, 0.15) is 96.8 Å². The van der Waals surface area contributed by atoms with E-state index in [1.807, 2.05) is 0 Å². The van der Waals surface area contributed by atoms with Gasteiger partial charge in [0.1, 0.15) is 25.7 Å². The minimum Gasteiger partial charge on any atom is -0.748 e. The van der Waals surface area contributed by atoms with Crippen LogP contribution in [0, 0.1) is 0 Å². The third kappa shape index (κ3) is 16.0. The molecule has 0 aliphatic carbocycles. The summed E-state index contributed by atoms with van der Waals surface area (Å²) in [4.78, 5) is 17.2. The van der Waals surface area contributed by atoms with Crippen molar-refractivity contribution in [2.24, 2.45) is 4.99 Å². The van der Waals surface area contributed by atoms with Crippen LogP contribution in [-0.2, 0) is 14.9 Å². The van der Waals surface area contributed by atoms with Crippen molar-refractivity contribution in [2.75, 3.05) is 38.5 Å². The van der Waals surface area contributed by atoms with Crippen LogP contribution in [0.15, 0.2) is 17.1 Å². The van der Waals surface area contributed by atoms with E-state index >= 15 is 0 Å². The van der Waals surface area contributed by atoms with E-state index in [0.29, 0.717) is 25.3 Å². The number of aliphatic hydroxyl groups is 2. The Morgan fingerprint density at radius 1 is 1.03 bits per heavy atom. The van der Waals surface area contributed by atoms with Crippen LogP contribution in [0.3, 0.4) is 0 Å². The largest absolute Gasteiger partial charge is 1.00 e. The number of amidine groups is 1. The molecular weight excluding hydrogens is 491 g/mol. The molecule has 0 spiro atoms. The van der Waals surface area contributed by atoms with Crippen molar-refractivity contribution >= 4 is 21.7 Å². The second-order valence-electron chi connectivity index (χ2n) is 9.84. The van der Waals surface area contributed by atoms with Gasteiger partial charge in [0.2, 0.25) is 5.78 Å². The van der Waals surface area contributed by atoms with Crippen molar-refractivity contribution in [1.82, 2.24) is 0 Å². The molecule has 0 saturated carbocycles. The van der Waals surface area contributed by atoms with Gasteiger partial charge in [-0.15, -0.1) is 0 Å². The number of hydrogen-bond acceptors (Lipinski definition) is 7. The molecule has 2 unspecified atom stereocenters. The van der Waals surface area contributed by atoms with Gasteiger partial charge in [0.05, 0.1) is 29.0 Å². The van der Waals surface area contributed by atoms with Crippen LogP contribution in [0.2, 0.25) is 0 Å². The Morgan fingerprint density at radius 3 is 2.14 bits per heavy atom. The maximum absolute atomic E-state index is 12.8. The zero-order valence-electron chi connectivity index (χ0n) is 22.7. The van der Waals surface area contributed by atoms with Crippen LogP contribution in [0.25, 0.3) is 0 Å². The van der Waals surface area contributed by atoms with E-state index in [4.69, 9.17) is 0 Å². The van der Waals surface area contributed by atoms with E-state index in [1.54, 1.807) is 0 Å². The topological polar surface area (TPSA) is 127 Å². The van der Waals surface area contributed by atoms with E-state index in [1.165, 1.54) is 64.2 Å². The number of hydrogen-bond donors (Lipinski definition) is 2. The number of nitrogens with zero attached hydrogens (tertiary/aromatic N) is 2. The number of Topliss-reactive ketones (excluding diaryl/α,β-unsaturated/α-hetero) is 1. The van der Waals surface area contributed by atoms with Crippen molar-refractivity contribution in [3.8, 4) is 0 Å². The molecule has 2 atom stereocenters. The van der Waals surface area contributed by atoms with Gasteiger partial charge in [0, 0.05) is 6.42 Å². The number of carbonyl (C=O) groups excluding carboxylic acids is 1. The fourth-order valence-corrected chi connectivity index (χ4v) is 5.38. The summed E-state index contributed by atoms with van der Waals surface area (Å²) < 4.78 is 32.9. The fraction of sp³-hybridized carbons (Fsp3) is 0.846. The fourth-order valence-electron chi connectivity index (χ4n) is 4.80. The molecule has 2 N–H and O–H groups in total. The minimum absolute atomic E-state index is 0. The van der Waals surface area contributed by atoms with Gasteiger partial charge in [-0.1, -0.05) is 76.9 Å². The summed E-state index contributed by atoms with van der Waals surface area (Å²) in [6.07, 6.45) is 18.9. The molecule has 10 heteroatoms. The molecule has 1 aliphatic rings. The summed E-state index contributed by atoms with van der Waals surface area (Å²) in [5, 5.41) is 19.6. The van der Waals surface area contributed by atoms with Crippen molar-refractivity contribution in [3.63, 3.8) is 0 Å². The molecule has 0 fully saturated rings. The number of aliphatic imine (C=N–C) groups is 1. The van der Waals surface area contributed by atoms with E-state index in [9.17, 15) is 28.0 Å². The Morgan fingerprint density at radius 2 is 1.58 bits per heavy atom. The Bertz CT molecular complexity index is 760. The summed E-state index contributed by atoms with van der Waals surface area (Å²) in [5.74, 6) is -0.726. The number of ketones is 1. The molecule has 1 heterocycles. The monoisotopic (exact) mass is 539 g/mol. The van der Waals surface area contributed by atoms with Gasteiger partial charge in [-0.2, -0.15) is 0 Å². The van der Waals surface area contributed by atoms with E-state index in [2.05, 4.69) is 24.1 Å². The van der Waals surface area contributed by atoms with Gasteiger partial charge in [-0.3, -0.25) is 9.28 Å².